The van der Waals surface area contributed by atoms with E-state index in [0.717, 1.165) is 65.6 Å². The number of nitriles is 1. The Morgan fingerprint density at radius 3 is 2.80 bits per heavy atom. The molecule has 1 saturated carbocycles. The molecule has 0 bridgehead atoms. The van der Waals surface area contributed by atoms with Crippen LogP contribution in [0.5, 0.6) is 0 Å². The van der Waals surface area contributed by atoms with Crippen molar-refractivity contribution in [3.63, 3.8) is 0 Å². The number of aromatic nitrogens is 1. The molecule has 1 aliphatic heterocycles. The summed E-state index contributed by atoms with van der Waals surface area (Å²) in [6.45, 7) is 7.60. The lowest BCUT2D eigenvalue weighted by Crippen LogP contribution is -2.54. The normalized spacial score (nSPS) is 19.3. The minimum atomic E-state index is 0.218. The molecule has 1 N–H and O–H groups in total. The number of hydrogen-bond acceptors (Lipinski definition) is 6. The predicted octanol–water partition coefficient (Wildman–Crippen LogP) is 6.10. The van der Waals surface area contributed by atoms with E-state index in [0.29, 0.717) is 16.5 Å². The number of fused-ring (bicyclic) bond motifs is 1. The molecule has 1 amide bonds. The Bertz CT molecular complexity index is 1290. The van der Waals surface area contributed by atoms with Gasteiger partial charge in [0.1, 0.15) is 0 Å². The second kappa shape index (κ2) is 10.1. The lowest BCUT2D eigenvalue weighted by molar-refractivity contribution is -0.140. The molecule has 2 heterocycles. The summed E-state index contributed by atoms with van der Waals surface area (Å²) in [6, 6.07) is 11.9. The van der Waals surface area contributed by atoms with Crippen molar-refractivity contribution in [1.82, 2.24) is 14.8 Å². The highest BCUT2D eigenvalue weighted by molar-refractivity contribution is 7.22. The van der Waals surface area contributed by atoms with Gasteiger partial charge in [0.15, 0.2) is 5.13 Å². The second-order valence-corrected chi connectivity index (χ2v) is 11.2. The zero-order valence-corrected chi connectivity index (χ0v) is 21.8. The molecule has 0 radical (unpaired) electrons. The van der Waals surface area contributed by atoms with Crippen LogP contribution in [0, 0.1) is 24.2 Å². The maximum absolute atomic E-state index is 13.0. The number of hydrogen-bond donors (Lipinski definition) is 1. The standard InChI is InChI=1S/C27H30ClN5OS/c1-17-15-32(9-10-33(17)26(34)20-5-3-4-6-20)16-21-12-22(28)13-23(18(21)2)30-27-31-24-11-19(14-29)7-8-25(24)35-27/h7-8,11-13,17,20H,3-6,9-10,15-16H2,1-2H3,(H,30,31). The maximum atomic E-state index is 13.0. The number of benzene rings is 2. The number of thiazole rings is 1. The van der Waals surface area contributed by atoms with Gasteiger partial charge in [-0.3, -0.25) is 9.69 Å². The Morgan fingerprint density at radius 1 is 1.26 bits per heavy atom. The van der Waals surface area contributed by atoms with Gasteiger partial charge in [0.05, 0.1) is 21.8 Å². The van der Waals surface area contributed by atoms with Crippen LogP contribution >= 0.6 is 22.9 Å². The molecule has 0 spiro atoms. The van der Waals surface area contributed by atoms with Crippen LogP contribution in [-0.4, -0.2) is 46.4 Å². The zero-order valence-electron chi connectivity index (χ0n) is 20.2. The molecular formula is C27H30ClN5OS. The van der Waals surface area contributed by atoms with Gasteiger partial charge in [-0.25, -0.2) is 4.98 Å². The lowest BCUT2D eigenvalue weighted by Gasteiger charge is -2.41. The minimum Gasteiger partial charge on any atom is -0.337 e. The van der Waals surface area contributed by atoms with Gasteiger partial charge < -0.3 is 10.2 Å². The molecule has 182 valence electrons. The molecule has 35 heavy (non-hydrogen) atoms. The molecule has 8 heteroatoms. The van der Waals surface area contributed by atoms with Crippen molar-refractivity contribution in [2.45, 2.75) is 52.1 Å². The number of carbonyl (C=O) groups is 1. The van der Waals surface area contributed by atoms with Crippen LogP contribution in [0.3, 0.4) is 0 Å². The van der Waals surface area contributed by atoms with Crippen molar-refractivity contribution in [2.75, 3.05) is 25.0 Å². The van der Waals surface area contributed by atoms with E-state index in [1.165, 1.54) is 18.4 Å². The number of rotatable bonds is 5. The molecule has 2 fully saturated rings. The van der Waals surface area contributed by atoms with Gasteiger partial charge in [-0.15, -0.1) is 0 Å². The summed E-state index contributed by atoms with van der Waals surface area (Å²) in [7, 11) is 0. The van der Waals surface area contributed by atoms with Crippen LogP contribution in [-0.2, 0) is 11.3 Å². The van der Waals surface area contributed by atoms with Crippen molar-refractivity contribution in [3.8, 4) is 6.07 Å². The Labute approximate surface area is 215 Å². The van der Waals surface area contributed by atoms with Crippen LogP contribution in [0.1, 0.15) is 49.3 Å². The quantitative estimate of drug-likeness (QED) is 0.452. The van der Waals surface area contributed by atoms with Crippen molar-refractivity contribution in [3.05, 3.63) is 52.0 Å². The lowest BCUT2D eigenvalue weighted by atomic mass is 10.0. The first kappa shape index (κ1) is 24.1. The first-order chi connectivity index (χ1) is 16.9. The SMILES string of the molecule is Cc1c(CN2CCN(C(=O)C3CCCC3)C(C)C2)cc(Cl)cc1Nc1nc2cc(C#N)ccc2s1. The van der Waals surface area contributed by atoms with Crippen molar-refractivity contribution in [2.24, 2.45) is 5.92 Å². The largest absolute Gasteiger partial charge is 0.337 e. The molecule has 3 aromatic rings. The topological polar surface area (TPSA) is 72.3 Å². The number of carbonyl (C=O) groups excluding carboxylic acids is 1. The average Bonchev–Trinajstić information content (AvgIpc) is 3.51. The summed E-state index contributed by atoms with van der Waals surface area (Å²) in [4.78, 5) is 22.1. The molecule has 2 aliphatic rings. The highest BCUT2D eigenvalue weighted by Gasteiger charge is 2.33. The van der Waals surface area contributed by atoms with E-state index in [2.05, 4.69) is 40.0 Å². The molecule has 1 aliphatic carbocycles. The Balaban J connectivity index is 1.29. The first-order valence-corrected chi connectivity index (χ1v) is 13.5. The van der Waals surface area contributed by atoms with Gasteiger partial charge in [0.2, 0.25) is 5.91 Å². The first-order valence-electron chi connectivity index (χ1n) is 12.3. The van der Waals surface area contributed by atoms with Crippen LogP contribution in [0.15, 0.2) is 30.3 Å². The minimum absolute atomic E-state index is 0.218. The van der Waals surface area contributed by atoms with Crippen molar-refractivity contribution in [1.29, 1.82) is 5.26 Å². The van der Waals surface area contributed by atoms with E-state index < -0.39 is 0 Å². The molecule has 1 unspecified atom stereocenters. The van der Waals surface area contributed by atoms with Gasteiger partial charge in [0, 0.05) is 48.8 Å². The molecule has 1 aromatic heterocycles. The number of halogens is 1. The van der Waals surface area contributed by atoms with E-state index >= 15 is 0 Å². The van der Waals surface area contributed by atoms with E-state index in [1.807, 2.05) is 30.3 Å². The number of amides is 1. The van der Waals surface area contributed by atoms with Crippen LogP contribution in [0.25, 0.3) is 10.2 Å². The second-order valence-electron chi connectivity index (χ2n) is 9.77. The number of piperazine rings is 1. The maximum Gasteiger partial charge on any atom is 0.226 e. The van der Waals surface area contributed by atoms with Gasteiger partial charge >= 0.3 is 0 Å². The summed E-state index contributed by atoms with van der Waals surface area (Å²) in [6.07, 6.45) is 4.48. The molecule has 1 atom stereocenters. The summed E-state index contributed by atoms with van der Waals surface area (Å²) < 4.78 is 1.03. The fourth-order valence-corrected chi connectivity index (χ4v) is 6.45. The third kappa shape index (κ3) is 5.16. The third-order valence-corrected chi connectivity index (χ3v) is 8.50. The number of nitrogens with one attached hydrogen (secondary N) is 1. The van der Waals surface area contributed by atoms with Gasteiger partial charge in [-0.2, -0.15) is 5.26 Å². The van der Waals surface area contributed by atoms with Crippen molar-refractivity contribution >= 4 is 49.9 Å². The molecule has 2 aromatic carbocycles. The van der Waals surface area contributed by atoms with Crippen molar-refractivity contribution < 1.29 is 4.79 Å². The summed E-state index contributed by atoms with van der Waals surface area (Å²) >= 11 is 8.08. The van der Waals surface area contributed by atoms with Crippen LogP contribution < -0.4 is 5.32 Å². The molecule has 1 saturated heterocycles. The molecule has 6 nitrogen and oxygen atoms in total. The highest BCUT2D eigenvalue weighted by Crippen LogP contribution is 2.33. The monoisotopic (exact) mass is 507 g/mol. The Kier molecular flexibility index (Phi) is 6.97. The van der Waals surface area contributed by atoms with Gasteiger partial charge in [-0.1, -0.05) is 35.8 Å². The number of nitrogens with zero attached hydrogens (tertiary/aromatic N) is 4. The predicted molar refractivity (Wildman–Crippen MR) is 142 cm³/mol. The van der Waals surface area contributed by atoms with Gasteiger partial charge in [-0.05, 0) is 68.1 Å². The van der Waals surface area contributed by atoms with Crippen LogP contribution in [0.4, 0.5) is 10.8 Å². The van der Waals surface area contributed by atoms with Gasteiger partial charge in [0.25, 0.3) is 0 Å². The summed E-state index contributed by atoms with van der Waals surface area (Å²) in [5.74, 6) is 0.597. The van der Waals surface area contributed by atoms with E-state index in [-0.39, 0.29) is 12.0 Å². The third-order valence-electron chi connectivity index (χ3n) is 7.33. The Hall–Kier alpha value is -2.66. The average molecular weight is 508 g/mol. The smallest absolute Gasteiger partial charge is 0.226 e. The molecular weight excluding hydrogens is 478 g/mol. The van der Waals surface area contributed by atoms with E-state index in [9.17, 15) is 4.79 Å². The number of anilines is 2. The fourth-order valence-electron chi connectivity index (χ4n) is 5.35. The van der Waals surface area contributed by atoms with E-state index in [1.54, 1.807) is 11.3 Å². The van der Waals surface area contributed by atoms with Crippen LogP contribution in [0.2, 0.25) is 5.02 Å². The highest BCUT2D eigenvalue weighted by atomic mass is 35.5. The van der Waals surface area contributed by atoms with E-state index in [4.69, 9.17) is 16.9 Å². The fraction of sp³-hybridized carbons (Fsp3) is 0.444. The Morgan fingerprint density at radius 2 is 2.06 bits per heavy atom. The zero-order chi connectivity index (χ0) is 24.5. The molecule has 5 rings (SSSR count). The summed E-state index contributed by atoms with van der Waals surface area (Å²) in [5.41, 5.74) is 4.68. The summed E-state index contributed by atoms with van der Waals surface area (Å²) in [5, 5.41) is 14.1.